The van der Waals surface area contributed by atoms with Crippen molar-refractivity contribution in [2.24, 2.45) is 0 Å². The van der Waals surface area contributed by atoms with Crippen LogP contribution in [0.25, 0.3) is 11.0 Å². The molecule has 0 aliphatic rings. The molecule has 136 valence electrons. The fraction of sp³-hybridized carbons (Fsp3) is 0.150. The lowest BCUT2D eigenvalue weighted by atomic mass is 10.1. The third-order valence-electron chi connectivity index (χ3n) is 3.84. The summed E-state index contributed by atoms with van der Waals surface area (Å²) in [5.74, 6) is 0.876. The van der Waals surface area contributed by atoms with Crippen LogP contribution in [0.4, 0.5) is 0 Å². The highest BCUT2D eigenvalue weighted by molar-refractivity contribution is 7.98. The maximum Gasteiger partial charge on any atom is 0.287 e. The molecule has 3 rings (SSSR count). The molecule has 3 aromatic rings. The average molecular weight is 399 g/mol. The summed E-state index contributed by atoms with van der Waals surface area (Å²) < 4.78 is 5.50. The second-order valence-corrected chi connectivity index (χ2v) is 7.23. The van der Waals surface area contributed by atoms with Crippen molar-refractivity contribution in [2.45, 2.75) is 5.75 Å². The first-order chi connectivity index (χ1) is 13.1. The molecule has 7 heteroatoms. The number of halogens is 1. The number of hydrogen-bond donors (Lipinski definition) is 1. The van der Waals surface area contributed by atoms with Gasteiger partial charge in [0.05, 0.1) is 17.0 Å². The molecule has 0 spiro atoms. The zero-order chi connectivity index (χ0) is 19.2. The number of amides is 1. The van der Waals surface area contributed by atoms with Crippen LogP contribution in [-0.4, -0.2) is 18.2 Å². The maximum absolute atomic E-state index is 12.2. The van der Waals surface area contributed by atoms with Crippen LogP contribution in [-0.2, 0) is 5.75 Å². The zero-order valence-corrected chi connectivity index (χ0v) is 15.8. The normalized spacial score (nSPS) is 10.5. The van der Waals surface area contributed by atoms with Crippen LogP contribution < -0.4 is 10.7 Å². The molecule has 2 aromatic carbocycles. The lowest BCUT2D eigenvalue weighted by Crippen LogP contribution is -2.26. The molecule has 1 N–H and O–H groups in total. The number of carbonyl (C=O) groups excluding carboxylic acids is 1. The van der Waals surface area contributed by atoms with Gasteiger partial charge in [-0.15, -0.1) is 0 Å². The van der Waals surface area contributed by atoms with Gasteiger partial charge in [0, 0.05) is 29.1 Å². The minimum absolute atomic E-state index is 0.0327. The van der Waals surface area contributed by atoms with Crippen molar-refractivity contribution in [3.8, 4) is 6.07 Å². The molecule has 0 fully saturated rings. The van der Waals surface area contributed by atoms with E-state index in [1.54, 1.807) is 30.0 Å². The van der Waals surface area contributed by atoms with Gasteiger partial charge in [-0.1, -0.05) is 29.8 Å². The topological polar surface area (TPSA) is 83.1 Å². The molecule has 27 heavy (non-hydrogen) atoms. The lowest BCUT2D eigenvalue weighted by Gasteiger charge is -2.06. The number of nitrogens with zero attached hydrogens (tertiary/aromatic N) is 1. The van der Waals surface area contributed by atoms with Gasteiger partial charge in [0.1, 0.15) is 5.58 Å². The van der Waals surface area contributed by atoms with Crippen molar-refractivity contribution in [3.05, 3.63) is 80.7 Å². The molecule has 1 amide bonds. The predicted molar refractivity (Wildman–Crippen MR) is 107 cm³/mol. The summed E-state index contributed by atoms with van der Waals surface area (Å²) in [6.07, 6.45) is 0. The molecule has 0 unspecified atom stereocenters. The van der Waals surface area contributed by atoms with E-state index < -0.39 is 5.91 Å². The number of nitriles is 1. The van der Waals surface area contributed by atoms with E-state index in [2.05, 4.69) is 11.4 Å². The predicted octanol–water partition coefficient (Wildman–Crippen LogP) is 3.98. The SMILES string of the molecule is N#Cc1ccccc1CSCCNC(=O)c1cc(=O)c2cc(Cl)ccc2o1. The summed E-state index contributed by atoms with van der Waals surface area (Å²) in [4.78, 5) is 24.3. The monoisotopic (exact) mass is 398 g/mol. The van der Waals surface area contributed by atoms with Crippen LogP contribution in [0.15, 0.2) is 57.7 Å². The molecule has 0 saturated heterocycles. The summed E-state index contributed by atoms with van der Waals surface area (Å²) in [5.41, 5.74) is 1.63. The van der Waals surface area contributed by atoms with Gasteiger partial charge in [-0.2, -0.15) is 17.0 Å². The van der Waals surface area contributed by atoms with E-state index in [-0.39, 0.29) is 11.2 Å². The second-order valence-electron chi connectivity index (χ2n) is 5.69. The molecule has 1 heterocycles. The summed E-state index contributed by atoms with van der Waals surface area (Å²) in [6.45, 7) is 0.417. The molecule has 0 aliphatic carbocycles. The largest absolute Gasteiger partial charge is 0.451 e. The molecule has 1 aromatic heterocycles. The second kappa shape index (κ2) is 8.76. The summed E-state index contributed by atoms with van der Waals surface area (Å²) >= 11 is 7.48. The Hall–Kier alpha value is -2.75. The third-order valence-corrected chi connectivity index (χ3v) is 5.08. The lowest BCUT2D eigenvalue weighted by molar-refractivity contribution is 0.0929. The minimum Gasteiger partial charge on any atom is -0.451 e. The van der Waals surface area contributed by atoms with Crippen LogP contribution in [0.3, 0.4) is 0 Å². The van der Waals surface area contributed by atoms with Crippen LogP contribution in [0, 0.1) is 11.3 Å². The van der Waals surface area contributed by atoms with Crippen LogP contribution in [0.1, 0.15) is 21.7 Å². The number of hydrogen-bond acceptors (Lipinski definition) is 5. The van der Waals surface area contributed by atoms with Crippen molar-refractivity contribution in [3.63, 3.8) is 0 Å². The Bertz CT molecular complexity index is 1090. The van der Waals surface area contributed by atoms with E-state index in [9.17, 15) is 9.59 Å². The van der Waals surface area contributed by atoms with E-state index in [1.807, 2.05) is 18.2 Å². The maximum atomic E-state index is 12.2. The number of rotatable bonds is 6. The van der Waals surface area contributed by atoms with Gasteiger partial charge in [0.15, 0.2) is 11.2 Å². The minimum atomic E-state index is -0.443. The van der Waals surface area contributed by atoms with Gasteiger partial charge in [-0.25, -0.2) is 0 Å². The van der Waals surface area contributed by atoms with Crippen LogP contribution in [0.5, 0.6) is 0 Å². The molecule has 0 aliphatic heterocycles. The zero-order valence-electron chi connectivity index (χ0n) is 14.2. The molecule has 0 radical (unpaired) electrons. The Balaban J connectivity index is 1.55. The number of nitrogens with one attached hydrogen (secondary N) is 1. The van der Waals surface area contributed by atoms with Crippen molar-refractivity contribution in [1.29, 1.82) is 5.26 Å². The molecule has 5 nitrogen and oxygen atoms in total. The molecule has 0 bridgehead atoms. The van der Waals surface area contributed by atoms with Crippen LogP contribution in [0.2, 0.25) is 5.02 Å². The molecular formula is C20H15ClN2O3S. The van der Waals surface area contributed by atoms with Crippen molar-refractivity contribution in [2.75, 3.05) is 12.3 Å². The van der Waals surface area contributed by atoms with E-state index in [0.29, 0.717) is 39.6 Å². The highest BCUT2D eigenvalue weighted by atomic mass is 35.5. The van der Waals surface area contributed by atoms with E-state index in [0.717, 1.165) is 5.56 Å². The van der Waals surface area contributed by atoms with Gasteiger partial charge >= 0.3 is 0 Å². The number of fused-ring (bicyclic) bond motifs is 1. The first-order valence-corrected chi connectivity index (χ1v) is 9.69. The number of carbonyl (C=O) groups is 1. The van der Waals surface area contributed by atoms with E-state index in [4.69, 9.17) is 21.3 Å². The molecular weight excluding hydrogens is 384 g/mol. The van der Waals surface area contributed by atoms with Gasteiger partial charge in [-0.05, 0) is 29.8 Å². The summed E-state index contributed by atoms with van der Waals surface area (Å²) in [5, 5.41) is 12.6. The standard InChI is InChI=1S/C20H15ClN2O3S/c21-15-5-6-18-16(9-15)17(24)10-19(26-18)20(25)23-7-8-27-12-14-4-2-1-3-13(14)11-22/h1-6,9-10H,7-8,12H2,(H,23,25). The quantitative estimate of drug-likeness (QED) is 0.635. The Kier molecular flexibility index (Phi) is 6.17. The smallest absolute Gasteiger partial charge is 0.287 e. The van der Waals surface area contributed by atoms with Crippen molar-refractivity contribution >= 4 is 40.2 Å². The van der Waals surface area contributed by atoms with Gasteiger partial charge in [0.25, 0.3) is 5.91 Å². The Morgan fingerprint density at radius 2 is 2.04 bits per heavy atom. The molecule has 0 atom stereocenters. The highest BCUT2D eigenvalue weighted by Crippen LogP contribution is 2.18. The first kappa shape index (κ1) is 19.0. The summed E-state index contributed by atoms with van der Waals surface area (Å²) in [6, 6.07) is 15.4. The van der Waals surface area contributed by atoms with E-state index in [1.165, 1.54) is 12.1 Å². The molecule has 0 saturated carbocycles. The van der Waals surface area contributed by atoms with E-state index >= 15 is 0 Å². The van der Waals surface area contributed by atoms with Gasteiger partial charge in [-0.3, -0.25) is 9.59 Å². The van der Waals surface area contributed by atoms with Crippen LogP contribution >= 0.6 is 23.4 Å². The summed E-state index contributed by atoms with van der Waals surface area (Å²) in [7, 11) is 0. The highest BCUT2D eigenvalue weighted by Gasteiger charge is 2.12. The average Bonchev–Trinajstić information content (AvgIpc) is 2.68. The number of benzene rings is 2. The Morgan fingerprint density at radius 3 is 2.85 bits per heavy atom. The van der Waals surface area contributed by atoms with Gasteiger partial charge < -0.3 is 9.73 Å². The third kappa shape index (κ3) is 4.70. The first-order valence-electron chi connectivity index (χ1n) is 8.16. The Morgan fingerprint density at radius 1 is 1.22 bits per heavy atom. The fourth-order valence-electron chi connectivity index (χ4n) is 2.50. The van der Waals surface area contributed by atoms with Gasteiger partial charge in [0.2, 0.25) is 0 Å². The van der Waals surface area contributed by atoms with Crippen molar-refractivity contribution in [1.82, 2.24) is 5.32 Å². The van der Waals surface area contributed by atoms with Crippen molar-refractivity contribution < 1.29 is 9.21 Å². The Labute approximate surface area is 164 Å². The fourth-order valence-corrected chi connectivity index (χ4v) is 3.54. The number of thioether (sulfide) groups is 1.